The summed E-state index contributed by atoms with van der Waals surface area (Å²) < 4.78 is 9.96. The molecule has 0 N–H and O–H groups in total. The van der Waals surface area contributed by atoms with E-state index in [0.29, 0.717) is 10.6 Å². The Morgan fingerprint density at radius 1 is 1.53 bits per heavy atom. The zero-order valence-electron chi connectivity index (χ0n) is 11.0. The van der Waals surface area contributed by atoms with Gasteiger partial charge in [0.05, 0.1) is 13.7 Å². The molecule has 0 aliphatic rings. The highest BCUT2D eigenvalue weighted by Gasteiger charge is 2.22. The van der Waals surface area contributed by atoms with Crippen molar-refractivity contribution in [3.05, 3.63) is 29.0 Å². The van der Waals surface area contributed by atoms with E-state index in [1.807, 2.05) is 0 Å². The van der Waals surface area contributed by atoms with Crippen LogP contribution in [0.2, 0.25) is 0 Å². The lowest BCUT2D eigenvalue weighted by atomic mass is 10.3. The van der Waals surface area contributed by atoms with Crippen molar-refractivity contribution in [1.29, 1.82) is 0 Å². The smallest absolute Gasteiger partial charge is 0.325 e. The molecule has 0 aliphatic heterocycles. The fourth-order valence-electron chi connectivity index (χ4n) is 1.50. The van der Waals surface area contributed by atoms with Crippen LogP contribution in [-0.4, -0.2) is 43.6 Å². The number of amides is 1. The Hall–Kier alpha value is -1.82. The molecule has 0 atom stereocenters. The first-order chi connectivity index (χ1) is 9.13. The van der Waals surface area contributed by atoms with Crippen LogP contribution in [0.1, 0.15) is 16.6 Å². The number of hydrogen-bond donors (Lipinski definition) is 0. The van der Waals surface area contributed by atoms with Gasteiger partial charge in [0.15, 0.2) is 0 Å². The molecular weight excluding hydrogens is 266 g/mol. The maximum Gasteiger partial charge on any atom is 0.325 e. The van der Waals surface area contributed by atoms with Gasteiger partial charge in [-0.15, -0.1) is 17.9 Å². The predicted octanol–water partition coefficient (Wildman–Crippen LogP) is 1.95. The number of carbonyl (C=O) groups is 2. The molecule has 0 aliphatic carbocycles. The third-order valence-corrected chi connectivity index (χ3v) is 3.19. The van der Waals surface area contributed by atoms with Crippen molar-refractivity contribution >= 4 is 23.2 Å². The lowest BCUT2D eigenvalue weighted by Gasteiger charge is -2.19. The quantitative estimate of drug-likeness (QED) is 0.567. The summed E-state index contributed by atoms with van der Waals surface area (Å²) in [7, 11) is 1.50. The van der Waals surface area contributed by atoms with Gasteiger partial charge in [-0.2, -0.15) is 0 Å². The minimum atomic E-state index is -0.437. The Morgan fingerprint density at radius 3 is 2.84 bits per heavy atom. The molecule has 104 valence electrons. The van der Waals surface area contributed by atoms with Crippen LogP contribution in [0.4, 0.5) is 0 Å². The minimum absolute atomic E-state index is 0.0975. The first-order valence-electron chi connectivity index (χ1n) is 5.81. The largest absolute Gasteiger partial charge is 0.495 e. The molecule has 0 radical (unpaired) electrons. The van der Waals surface area contributed by atoms with Crippen molar-refractivity contribution in [1.82, 2.24) is 4.90 Å². The van der Waals surface area contributed by atoms with Crippen LogP contribution < -0.4 is 4.74 Å². The SMILES string of the molecule is C=CCN(CC(=O)OCC)C(=O)c1sccc1OC. The molecule has 0 spiro atoms. The van der Waals surface area contributed by atoms with Gasteiger partial charge < -0.3 is 14.4 Å². The molecule has 19 heavy (non-hydrogen) atoms. The van der Waals surface area contributed by atoms with E-state index in [0.717, 1.165) is 0 Å². The van der Waals surface area contributed by atoms with Crippen LogP contribution in [0.5, 0.6) is 5.75 Å². The summed E-state index contributed by atoms with van der Waals surface area (Å²) in [6.45, 7) is 5.78. The third-order valence-electron chi connectivity index (χ3n) is 2.31. The topological polar surface area (TPSA) is 55.8 Å². The highest BCUT2D eigenvalue weighted by atomic mass is 32.1. The maximum atomic E-state index is 12.3. The van der Waals surface area contributed by atoms with Crippen molar-refractivity contribution in [3.63, 3.8) is 0 Å². The van der Waals surface area contributed by atoms with E-state index in [1.165, 1.54) is 23.3 Å². The number of hydrogen-bond acceptors (Lipinski definition) is 5. The summed E-state index contributed by atoms with van der Waals surface area (Å²) in [6, 6.07) is 1.72. The monoisotopic (exact) mass is 283 g/mol. The summed E-state index contributed by atoms with van der Waals surface area (Å²) in [5.41, 5.74) is 0. The Labute approximate surface area is 116 Å². The number of thiophene rings is 1. The van der Waals surface area contributed by atoms with Crippen molar-refractivity contribution in [2.24, 2.45) is 0 Å². The van der Waals surface area contributed by atoms with Crippen LogP contribution in [0.25, 0.3) is 0 Å². The molecule has 1 amide bonds. The second-order valence-electron chi connectivity index (χ2n) is 3.60. The van der Waals surface area contributed by atoms with Gasteiger partial charge in [0.25, 0.3) is 5.91 Å². The molecule has 1 rings (SSSR count). The molecule has 0 fully saturated rings. The van der Waals surface area contributed by atoms with E-state index in [4.69, 9.17) is 9.47 Å². The zero-order chi connectivity index (χ0) is 14.3. The second-order valence-corrected chi connectivity index (χ2v) is 4.51. The van der Waals surface area contributed by atoms with Gasteiger partial charge in [-0.3, -0.25) is 9.59 Å². The number of carbonyl (C=O) groups excluding carboxylic acids is 2. The van der Waals surface area contributed by atoms with Crippen LogP contribution in [0.3, 0.4) is 0 Å². The first-order valence-corrected chi connectivity index (χ1v) is 6.69. The molecule has 0 saturated carbocycles. The minimum Gasteiger partial charge on any atom is -0.495 e. The molecule has 0 unspecified atom stereocenters. The Morgan fingerprint density at radius 2 is 2.26 bits per heavy atom. The third kappa shape index (κ3) is 4.10. The van der Waals surface area contributed by atoms with E-state index in [1.54, 1.807) is 24.4 Å². The van der Waals surface area contributed by atoms with E-state index < -0.39 is 5.97 Å². The van der Waals surface area contributed by atoms with Gasteiger partial charge in [-0.05, 0) is 18.4 Å². The number of methoxy groups -OCH3 is 1. The number of ether oxygens (including phenoxy) is 2. The first kappa shape index (κ1) is 15.2. The van der Waals surface area contributed by atoms with Gasteiger partial charge in [-0.25, -0.2) is 0 Å². The summed E-state index contributed by atoms with van der Waals surface area (Å²) in [5.74, 6) is -0.194. The van der Waals surface area contributed by atoms with E-state index in [9.17, 15) is 9.59 Å². The van der Waals surface area contributed by atoms with Gasteiger partial charge in [0.1, 0.15) is 17.2 Å². The predicted molar refractivity (Wildman–Crippen MR) is 73.6 cm³/mol. The Kier molecular flexibility index (Phi) is 6.08. The Bertz CT molecular complexity index is 455. The van der Waals surface area contributed by atoms with Crippen molar-refractivity contribution in [2.45, 2.75) is 6.92 Å². The molecular formula is C13H17NO4S. The van der Waals surface area contributed by atoms with E-state index in [2.05, 4.69) is 6.58 Å². The molecule has 0 bridgehead atoms. The molecule has 1 aromatic heterocycles. The number of esters is 1. The second kappa shape index (κ2) is 7.58. The van der Waals surface area contributed by atoms with Gasteiger partial charge >= 0.3 is 5.97 Å². The van der Waals surface area contributed by atoms with Crippen LogP contribution >= 0.6 is 11.3 Å². The van der Waals surface area contributed by atoms with Crippen LogP contribution in [-0.2, 0) is 9.53 Å². The molecule has 5 nitrogen and oxygen atoms in total. The summed E-state index contributed by atoms with van der Waals surface area (Å²) >= 11 is 1.27. The van der Waals surface area contributed by atoms with E-state index in [-0.39, 0.29) is 25.6 Å². The fourth-order valence-corrected chi connectivity index (χ4v) is 2.32. The van der Waals surface area contributed by atoms with E-state index >= 15 is 0 Å². The lowest BCUT2D eigenvalue weighted by Crippen LogP contribution is -2.36. The molecule has 0 aromatic carbocycles. The van der Waals surface area contributed by atoms with Crippen molar-refractivity contribution in [3.8, 4) is 5.75 Å². The number of rotatable bonds is 7. The normalized spacial score (nSPS) is 9.79. The highest BCUT2D eigenvalue weighted by Crippen LogP contribution is 2.25. The van der Waals surface area contributed by atoms with Crippen molar-refractivity contribution in [2.75, 3.05) is 26.8 Å². The average Bonchev–Trinajstić information content (AvgIpc) is 2.86. The number of nitrogens with zero attached hydrogens (tertiary/aromatic N) is 1. The summed E-state index contributed by atoms with van der Waals surface area (Å²) in [4.78, 5) is 25.6. The van der Waals surface area contributed by atoms with Crippen LogP contribution in [0, 0.1) is 0 Å². The molecule has 1 heterocycles. The summed E-state index contributed by atoms with van der Waals surface area (Å²) in [5, 5.41) is 1.77. The van der Waals surface area contributed by atoms with Crippen LogP contribution in [0.15, 0.2) is 24.1 Å². The van der Waals surface area contributed by atoms with Gasteiger partial charge in [-0.1, -0.05) is 6.08 Å². The maximum absolute atomic E-state index is 12.3. The lowest BCUT2D eigenvalue weighted by molar-refractivity contribution is -0.143. The standard InChI is InChI=1S/C13H17NO4S/c1-4-7-14(9-11(15)18-5-2)13(16)12-10(17-3)6-8-19-12/h4,6,8H,1,5,7,9H2,2-3H3. The van der Waals surface area contributed by atoms with Gasteiger partial charge in [0.2, 0.25) is 0 Å². The summed E-state index contributed by atoms with van der Waals surface area (Å²) in [6.07, 6.45) is 1.57. The highest BCUT2D eigenvalue weighted by molar-refractivity contribution is 7.12. The fraction of sp³-hybridized carbons (Fsp3) is 0.385. The average molecular weight is 283 g/mol. The zero-order valence-corrected chi connectivity index (χ0v) is 11.9. The van der Waals surface area contributed by atoms with Crippen molar-refractivity contribution < 1.29 is 19.1 Å². The van der Waals surface area contributed by atoms with Gasteiger partial charge in [0, 0.05) is 6.54 Å². The molecule has 1 aromatic rings. The molecule has 6 heteroatoms. The molecule has 0 saturated heterocycles. The Balaban J connectivity index is 2.83.